The second kappa shape index (κ2) is 16.8. The van der Waals surface area contributed by atoms with Crippen molar-refractivity contribution in [1.29, 1.82) is 0 Å². The summed E-state index contributed by atoms with van der Waals surface area (Å²) >= 11 is 3.32. The van der Waals surface area contributed by atoms with Crippen LogP contribution in [0.2, 0.25) is 16.5 Å². The molecule has 3 N–H and O–H groups in total. The Morgan fingerprint density at radius 3 is 2.38 bits per heavy atom. The Bertz CT molecular complexity index is 2820. The van der Waals surface area contributed by atoms with Crippen LogP contribution in [0.15, 0.2) is 47.4 Å². The van der Waals surface area contributed by atoms with Gasteiger partial charge in [-0.1, -0.05) is 0 Å². The molecule has 0 spiro atoms. The number of piperidine rings is 2. The van der Waals surface area contributed by atoms with Crippen LogP contribution in [0.5, 0.6) is 5.75 Å². The maximum absolute atomic E-state index is 15.5. The fraction of sp³-hybridized carbons (Fsp3) is 0.522. The minimum atomic E-state index is -4.33. The molecule has 1 unspecified atom stereocenters. The first-order valence-electron chi connectivity index (χ1n) is 22.8. The van der Waals surface area contributed by atoms with Crippen molar-refractivity contribution in [2.75, 3.05) is 35.2 Å². The van der Waals surface area contributed by atoms with Crippen molar-refractivity contribution in [2.24, 2.45) is 25.9 Å². The van der Waals surface area contributed by atoms with Crippen molar-refractivity contribution < 1.29 is 36.3 Å². The van der Waals surface area contributed by atoms with E-state index >= 15 is 22.0 Å². The van der Waals surface area contributed by atoms with Crippen LogP contribution >= 0.6 is 11.6 Å². The normalized spacial score (nSPS) is 22.9. The number of amides is 2. The van der Waals surface area contributed by atoms with Crippen LogP contribution in [0.3, 0.4) is 0 Å². The number of benzene rings is 2. The number of aryl methyl sites for hydroxylation is 2. The van der Waals surface area contributed by atoms with Gasteiger partial charge in [-0.25, -0.2) is 8.78 Å². The quantitative estimate of drug-likeness (QED) is 0.102. The van der Waals surface area contributed by atoms with Gasteiger partial charge in [0.2, 0.25) is 5.75 Å². The van der Waals surface area contributed by atoms with E-state index in [1.54, 1.807) is 29.9 Å². The summed E-state index contributed by atoms with van der Waals surface area (Å²) in [6, 6.07) is 10.0. The van der Waals surface area contributed by atoms with E-state index in [9.17, 15) is 14.4 Å². The van der Waals surface area contributed by atoms with Crippen molar-refractivity contribution in [3.63, 3.8) is 0 Å². The molecule has 5 aromatic rings. The zero-order chi connectivity index (χ0) is 46.4. The molecular formula is C46H50ClF5InN9O4. The second-order valence-electron chi connectivity index (χ2n) is 19.2. The van der Waals surface area contributed by atoms with E-state index in [-0.39, 0.29) is 52.3 Å². The molecule has 348 valence electrons. The van der Waals surface area contributed by atoms with Crippen LogP contribution in [-0.2, 0) is 23.7 Å². The van der Waals surface area contributed by atoms with Gasteiger partial charge in [-0.3, -0.25) is 9.59 Å². The fourth-order valence-corrected chi connectivity index (χ4v) is 24.4. The third-order valence-corrected chi connectivity index (χ3v) is 28.6. The number of hydrogen-bond acceptors (Lipinski definition) is 10. The zero-order valence-electron chi connectivity index (χ0n) is 36.8. The van der Waals surface area contributed by atoms with Gasteiger partial charge in [-0.15, -0.1) is 0 Å². The summed E-state index contributed by atoms with van der Waals surface area (Å²) in [6.07, 6.45) is 1.19. The van der Waals surface area contributed by atoms with Gasteiger partial charge in [-0.2, -0.15) is 0 Å². The van der Waals surface area contributed by atoms with Crippen molar-refractivity contribution in [1.82, 2.24) is 29.6 Å². The summed E-state index contributed by atoms with van der Waals surface area (Å²) in [6.45, 7) is 1.29. The first-order valence-corrected chi connectivity index (χ1v) is 29.4. The molecular weight excluding hydrogens is 988 g/mol. The van der Waals surface area contributed by atoms with Gasteiger partial charge in [0.1, 0.15) is 0 Å². The van der Waals surface area contributed by atoms with Crippen molar-refractivity contribution >= 4 is 89.8 Å². The van der Waals surface area contributed by atoms with E-state index in [4.69, 9.17) is 21.3 Å². The Balaban J connectivity index is 0.822. The summed E-state index contributed by atoms with van der Waals surface area (Å²) in [5.41, 5.74) is 3.26. The van der Waals surface area contributed by atoms with Crippen molar-refractivity contribution in [3.8, 4) is 5.75 Å². The van der Waals surface area contributed by atoms with Crippen LogP contribution in [0.4, 0.5) is 45.1 Å². The second-order valence-corrected chi connectivity index (χ2v) is 30.3. The van der Waals surface area contributed by atoms with E-state index in [1.807, 2.05) is 24.1 Å². The summed E-state index contributed by atoms with van der Waals surface area (Å²) < 4.78 is 85.0. The molecule has 2 amide bonds. The molecule has 1 aliphatic carbocycles. The molecule has 13 nitrogen and oxygen atoms in total. The number of nitrogens with zero attached hydrogens (tertiary/aromatic N) is 6. The van der Waals surface area contributed by atoms with E-state index < -0.39 is 66.8 Å². The van der Waals surface area contributed by atoms with Gasteiger partial charge < -0.3 is 14.6 Å². The summed E-state index contributed by atoms with van der Waals surface area (Å²) in [5.74, 6) is -4.54. The number of ether oxygens (including phenoxy) is 1. The molecule has 0 bridgehead atoms. The first kappa shape index (κ1) is 45.1. The predicted octanol–water partition coefficient (Wildman–Crippen LogP) is 8.96. The third kappa shape index (κ3) is 7.96. The number of anilines is 4. The van der Waals surface area contributed by atoms with Gasteiger partial charge in [0, 0.05) is 7.05 Å². The van der Waals surface area contributed by atoms with Crippen LogP contribution < -0.4 is 31.1 Å². The number of carbonyl (C=O) groups excluding carboxylic acids is 2. The van der Waals surface area contributed by atoms with E-state index in [0.717, 1.165) is 16.5 Å². The summed E-state index contributed by atoms with van der Waals surface area (Å²) in [7, 11) is 3.38. The molecule has 3 saturated heterocycles. The topological polar surface area (TPSA) is 148 Å². The van der Waals surface area contributed by atoms with Crippen LogP contribution in [0.25, 0.3) is 21.8 Å². The Hall–Kier alpha value is -4.65. The monoisotopic (exact) mass is 1040 g/mol. The fourth-order valence-electron chi connectivity index (χ4n) is 11.3. The van der Waals surface area contributed by atoms with Gasteiger partial charge in [0.15, 0.2) is 6.61 Å². The molecule has 10 rings (SSSR count). The number of fused-ring (bicyclic) bond motifs is 4. The summed E-state index contributed by atoms with van der Waals surface area (Å²) in [5, 5.41) is 14.8. The Kier molecular flexibility index (Phi) is 11.5. The first-order chi connectivity index (χ1) is 31.4. The molecule has 4 fully saturated rings. The number of pyridine rings is 1. The summed E-state index contributed by atoms with van der Waals surface area (Å²) in [4.78, 5) is 48.8. The molecule has 4 aliphatic heterocycles. The van der Waals surface area contributed by atoms with E-state index in [0.29, 0.717) is 94.6 Å². The van der Waals surface area contributed by atoms with E-state index in [2.05, 4.69) is 32.1 Å². The van der Waals surface area contributed by atoms with Crippen LogP contribution in [-0.4, -0.2) is 95.4 Å². The number of nitrogens with one attached hydrogen (secondary N) is 3. The molecule has 5 aliphatic rings. The number of hydrogen-bond donors (Lipinski definition) is 3. The molecule has 66 heavy (non-hydrogen) atoms. The number of imide groups is 1. The number of rotatable bonds is 8. The van der Waals surface area contributed by atoms with Gasteiger partial charge in [0.25, 0.3) is 5.56 Å². The number of halogens is 6. The number of aromatic nitrogens is 5. The average molecular weight is 1040 g/mol. The molecule has 2 aromatic carbocycles. The molecule has 20 heteroatoms. The average Bonchev–Trinajstić information content (AvgIpc) is 4.10. The Labute approximate surface area is 389 Å². The molecule has 3 atom stereocenters. The third-order valence-electron chi connectivity index (χ3n) is 15.4. The van der Waals surface area contributed by atoms with Crippen LogP contribution in [0.1, 0.15) is 81.4 Å². The minimum absolute atomic E-state index is 0.136. The molecule has 0 radical (unpaired) electrons. The Morgan fingerprint density at radius 2 is 1.68 bits per heavy atom. The SMILES string of the molecule is Cn1nc(C2CCC(=O)NC2=O)c2ccc(C3C[CH2][In]([C@](C)(C4CCN(c5ncc(Cl)c(Nc6ccc7c(c6)c6c(c(=O)n7C)OCC(F)(F)[C@H](C7CC7)N6)n5)CC4)C(F)(F)F)[CH2]C3)cc21. The van der Waals surface area contributed by atoms with Crippen molar-refractivity contribution in [3.05, 3.63) is 69.2 Å². The molecule has 1 saturated carbocycles. The van der Waals surface area contributed by atoms with Gasteiger partial charge in [0.05, 0.1) is 17.2 Å². The Morgan fingerprint density at radius 1 is 0.939 bits per heavy atom. The standard InChI is InChI=1S/C28H29ClF5N6O2.C18H21N3O2.In/c1-14(28(32,33)34)15-7-9-40(10-8-15)26-35-12-19(29)24(38-26)36-17-5-6-20-18(11-17)21-22(25(41)39(20)2)42-13-27(30,31)23(37-21)16-3-4-16;1-4-11(5-2)12-6-7-13-15(10-12)21(3)20-17(13)14-8-9-16(22)19-18(14)23;/h5-6,11-12,15-16,23,37H,3-4,7-10,13H2,1-2H3,(H,35,36,38);6-7,10-11,14H,1-2,4-5,8-9H2,3H3,(H,19,22,23);/t23-;;/m0../s1. The molecule has 7 heterocycles. The van der Waals surface area contributed by atoms with Gasteiger partial charge in [-0.05, 0) is 18.8 Å². The number of carbonyl (C=O) groups is 2. The molecule has 3 aromatic heterocycles. The van der Waals surface area contributed by atoms with Crippen LogP contribution in [0, 0.1) is 11.8 Å². The maximum atomic E-state index is 15.5. The zero-order valence-corrected chi connectivity index (χ0v) is 40.8. The van der Waals surface area contributed by atoms with Gasteiger partial charge >= 0.3 is 298 Å². The predicted molar refractivity (Wildman–Crippen MR) is 243 cm³/mol. The number of alkyl halides is 5. The van der Waals surface area contributed by atoms with Crippen molar-refractivity contribution in [2.45, 2.75) is 99.8 Å². The van der Waals surface area contributed by atoms with E-state index in [1.165, 1.54) is 17.7 Å².